The fourth-order valence-corrected chi connectivity index (χ4v) is 6.15. The standard InChI is InChI=1S/C29H32N4O5/c1-31-17-23(34)32-14-13-22-25(26(32)29(31)35)20-6-2-3-7-21(20)33(22)16-18-9-11-19(12-10-18)27-28(37-27)30-38-24-8-4-5-15-36-24/h2-3,6-7,9-12,24,26-28,30H,4-5,8,13-17H2,1H3. The lowest BCUT2D eigenvalue weighted by Gasteiger charge is -2.42. The van der Waals surface area contributed by atoms with Crippen molar-refractivity contribution in [3.05, 3.63) is 70.9 Å². The summed E-state index contributed by atoms with van der Waals surface area (Å²) in [6, 6.07) is 16.2. The number of rotatable bonds is 6. The molecule has 5 heterocycles. The molecule has 0 spiro atoms. The van der Waals surface area contributed by atoms with Crippen molar-refractivity contribution < 1.29 is 23.9 Å². The summed E-state index contributed by atoms with van der Waals surface area (Å²) in [7, 11) is 1.71. The Balaban J connectivity index is 1.11. The van der Waals surface area contributed by atoms with Gasteiger partial charge in [-0.2, -0.15) is 5.48 Å². The van der Waals surface area contributed by atoms with Crippen molar-refractivity contribution in [2.75, 3.05) is 26.7 Å². The molecule has 3 fully saturated rings. The molecule has 38 heavy (non-hydrogen) atoms. The fourth-order valence-electron chi connectivity index (χ4n) is 6.15. The van der Waals surface area contributed by atoms with E-state index in [1.54, 1.807) is 16.8 Å². The van der Waals surface area contributed by atoms with E-state index in [0.29, 0.717) is 13.1 Å². The van der Waals surface area contributed by atoms with Crippen LogP contribution in [0.5, 0.6) is 0 Å². The molecule has 1 aromatic heterocycles. The number of ether oxygens (including phenoxy) is 2. The van der Waals surface area contributed by atoms with Gasteiger partial charge in [0.2, 0.25) is 11.8 Å². The van der Waals surface area contributed by atoms with Gasteiger partial charge in [-0.05, 0) is 30.0 Å². The van der Waals surface area contributed by atoms with E-state index in [1.165, 1.54) is 5.56 Å². The van der Waals surface area contributed by atoms with E-state index >= 15 is 0 Å². The van der Waals surface area contributed by atoms with Crippen LogP contribution in [0.1, 0.15) is 53.8 Å². The summed E-state index contributed by atoms with van der Waals surface area (Å²) in [6.45, 7) is 2.15. The Bertz CT molecular complexity index is 1380. The fraction of sp³-hybridized carbons (Fsp3) is 0.448. The van der Waals surface area contributed by atoms with Crippen LogP contribution in [0, 0.1) is 0 Å². The summed E-state index contributed by atoms with van der Waals surface area (Å²) in [4.78, 5) is 35.0. The van der Waals surface area contributed by atoms with E-state index in [0.717, 1.165) is 60.0 Å². The maximum atomic E-state index is 13.2. The second-order valence-corrected chi connectivity index (χ2v) is 10.6. The second kappa shape index (κ2) is 9.50. The second-order valence-electron chi connectivity index (χ2n) is 10.6. The molecule has 0 bridgehead atoms. The highest BCUT2D eigenvalue weighted by Crippen LogP contribution is 2.41. The summed E-state index contributed by atoms with van der Waals surface area (Å²) >= 11 is 0. The number of fused-ring (bicyclic) bond motifs is 5. The third-order valence-corrected chi connectivity index (χ3v) is 8.19. The molecule has 4 aliphatic heterocycles. The van der Waals surface area contributed by atoms with Crippen LogP contribution < -0.4 is 5.48 Å². The number of likely N-dealkylation sites (N-methyl/N-ethyl adjacent to an activating group) is 1. The maximum Gasteiger partial charge on any atom is 0.250 e. The Hall–Kier alpha value is -3.24. The summed E-state index contributed by atoms with van der Waals surface area (Å²) in [6.07, 6.45) is 3.44. The van der Waals surface area contributed by atoms with Gasteiger partial charge in [0.25, 0.3) is 0 Å². The maximum absolute atomic E-state index is 13.2. The first kappa shape index (κ1) is 23.8. The lowest BCUT2D eigenvalue weighted by Crippen LogP contribution is -2.56. The molecule has 3 aromatic rings. The van der Waals surface area contributed by atoms with Crippen LogP contribution in [0.3, 0.4) is 0 Å². The number of nitrogens with one attached hydrogen (secondary N) is 1. The Morgan fingerprint density at radius 3 is 2.74 bits per heavy atom. The lowest BCUT2D eigenvalue weighted by molar-refractivity contribution is -0.202. The number of benzene rings is 2. The van der Waals surface area contributed by atoms with Gasteiger partial charge >= 0.3 is 0 Å². The third-order valence-electron chi connectivity index (χ3n) is 8.19. The topological polar surface area (TPSA) is 88.6 Å². The molecular weight excluding hydrogens is 484 g/mol. The first-order valence-electron chi connectivity index (χ1n) is 13.5. The number of piperazine rings is 1. The summed E-state index contributed by atoms with van der Waals surface area (Å²) in [5.74, 6) is 0.00589. The highest BCUT2D eigenvalue weighted by atomic mass is 16.8. The molecule has 2 aromatic carbocycles. The van der Waals surface area contributed by atoms with Gasteiger partial charge in [0.15, 0.2) is 12.5 Å². The number of nitrogens with zero attached hydrogens (tertiary/aromatic N) is 3. The van der Waals surface area contributed by atoms with Gasteiger partial charge in [0.05, 0.1) is 6.54 Å². The lowest BCUT2D eigenvalue weighted by atomic mass is 9.93. The van der Waals surface area contributed by atoms with E-state index < -0.39 is 6.04 Å². The highest BCUT2D eigenvalue weighted by molar-refractivity contribution is 6.00. The van der Waals surface area contributed by atoms with Gasteiger partial charge in [0, 0.05) is 61.7 Å². The monoisotopic (exact) mass is 516 g/mol. The van der Waals surface area contributed by atoms with Crippen molar-refractivity contribution in [2.24, 2.45) is 0 Å². The van der Waals surface area contributed by atoms with Crippen molar-refractivity contribution in [1.29, 1.82) is 0 Å². The minimum atomic E-state index is -0.545. The average molecular weight is 517 g/mol. The molecule has 4 atom stereocenters. The van der Waals surface area contributed by atoms with E-state index in [2.05, 4.69) is 46.4 Å². The molecule has 4 aliphatic rings. The molecule has 3 saturated heterocycles. The third kappa shape index (κ3) is 4.10. The van der Waals surface area contributed by atoms with Crippen molar-refractivity contribution in [3.63, 3.8) is 0 Å². The van der Waals surface area contributed by atoms with Crippen molar-refractivity contribution in [2.45, 2.75) is 56.9 Å². The number of aromatic nitrogens is 1. The molecule has 0 aliphatic carbocycles. The molecule has 1 N–H and O–H groups in total. The Labute approximate surface area is 221 Å². The molecule has 4 unspecified atom stereocenters. The minimum Gasteiger partial charge on any atom is -0.351 e. The zero-order valence-corrected chi connectivity index (χ0v) is 21.5. The number of carbonyl (C=O) groups excluding carboxylic acids is 2. The minimum absolute atomic E-state index is 0.00979. The number of epoxide rings is 1. The quantitative estimate of drug-likeness (QED) is 0.400. The van der Waals surface area contributed by atoms with E-state index in [-0.39, 0.29) is 37.0 Å². The van der Waals surface area contributed by atoms with Crippen LogP contribution in [-0.2, 0) is 36.9 Å². The molecule has 7 rings (SSSR count). The van der Waals surface area contributed by atoms with E-state index in [4.69, 9.17) is 14.3 Å². The SMILES string of the molecule is CN1CC(=O)N2CCc3c(c4ccccc4n3Cc3ccc(C4OC4NOC4CCCCO4)cc3)C2C1=O. The molecule has 9 heteroatoms. The summed E-state index contributed by atoms with van der Waals surface area (Å²) < 4.78 is 13.7. The number of hydrogen-bond acceptors (Lipinski definition) is 6. The zero-order chi connectivity index (χ0) is 25.8. The Kier molecular flexibility index (Phi) is 5.96. The van der Waals surface area contributed by atoms with Gasteiger partial charge in [-0.25, -0.2) is 0 Å². The predicted octanol–water partition coefficient (Wildman–Crippen LogP) is 3.03. The zero-order valence-electron chi connectivity index (χ0n) is 21.5. The number of hydrogen-bond donors (Lipinski definition) is 1. The summed E-state index contributed by atoms with van der Waals surface area (Å²) in [5.41, 5.74) is 8.49. The molecule has 198 valence electrons. The number of amides is 2. The van der Waals surface area contributed by atoms with Crippen LogP contribution in [0.2, 0.25) is 0 Å². The normalized spacial score (nSPS) is 27.0. The smallest absolute Gasteiger partial charge is 0.250 e. The van der Waals surface area contributed by atoms with Crippen LogP contribution in [0.4, 0.5) is 0 Å². The number of para-hydroxylation sites is 1. The average Bonchev–Trinajstić information content (AvgIpc) is 3.67. The molecule has 2 amide bonds. The van der Waals surface area contributed by atoms with E-state index in [1.807, 2.05) is 12.1 Å². The molecule has 9 nitrogen and oxygen atoms in total. The molecular formula is C29H32N4O5. The number of hydroxylamine groups is 1. The van der Waals surface area contributed by atoms with Crippen LogP contribution in [-0.4, -0.2) is 65.4 Å². The van der Waals surface area contributed by atoms with Gasteiger partial charge in [-0.3, -0.25) is 14.4 Å². The van der Waals surface area contributed by atoms with Gasteiger partial charge in [-0.1, -0.05) is 42.5 Å². The Morgan fingerprint density at radius 2 is 1.92 bits per heavy atom. The first-order chi connectivity index (χ1) is 18.6. The molecule has 0 saturated carbocycles. The molecule has 0 radical (unpaired) electrons. The predicted molar refractivity (Wildman–Crippen MR) is 139 cm³/mol. The van der Waals surface area contributed by atoms with Crippen LogP contribution in [0.15, 0.2) is 48.5 Å². The van der Waals surface area contributed by atoms with Crippen LogP contribution in [0.25, 0.3) is 10.9 Å². The van der Waals surface area contributed by atoms with Crippen molar-refractivity contribution in [3.8, 4) is 0 Å². The van der Waals surface area contributed by atoms with Gasteiger partial charge in [0.1, 0.15) is 12.1 Å². The first-order valence-corrected chi connectivity index (χ1v) is 13.5. The summed E-state index contributed by atoms with van der Waals surface area (Å²) in [5, 5.41) is 1.05. The van der Waals surface area contributed by atoms with Gasteiger partial charge in [-0.15, -0.1) is 0 Å². The Morgan fingerprint density at radius 1 is 1.08 bits per heavy atom. The largest absolute Gasteiger partial charge is 0.351 e. The van der Waals surface area contributed by atoms with E-state index in [9.17, 15) is 9.59 Å². The van der Waals surface area contributed by atoms with Gasteiger partial charge < -0.3 is 23.8 Å². The van der Waals surface area contributed by atoms with Crippen molar-refractivity contribution >= 4 is 22.7 Å². The van der Waals surface area contributed by atoms with Crippen molar-refractivity contribution in [1.82, 2.24) is 19.8 Å². The highest BCUT2D eigenvalue weighted by Gasteiger charge is 2.44. The van der Waals surface area contributed by atoms with Crippen LogP contribution >= 0.6 is 0 Å². The number of carbonyl (C=O) groups is 2.